The van der Waals surface area contributed by atoms with Crippen LogP contribution in [0.25, 0.3) is 0 Å². The molecule has 2 aromatic carbocycles. The number of carbonyl (C=O) groups is 1. The first-order valence-electron chi connectivity index (χ1n) is 9.07. The van der Waals surface area contributed by atoms with E-state index in [0.717, 1.165) is 19.3 Å². The Morgan fingerprint density at radius 2 is 1.85 bits per heavy atom. The van der Waals surface area contributed by atoms with E-state index in [2.05, 4.69) is 0 Å². The number of morpholine rings is 1. The van der Waals surface area contributed by atoms with Crippen molar-refractivity contribution in [1.82, 2.24) is 0 Å². The van der Waals surface area contributed by atoms with E-state index in [1.807, 2.05) is 17.0 Å². The van der Waals surface area contributed by atoms with Crippen molar-refractivity contribution in [2.75, 3.05) is 31.2 Å². The number of hydrogen-bond donors (Lipinski definition) is 0. The van der Waals surface area contributed by atoms with Gasteiger partial charge in [-0.25, -0.2) is 4.79 Å². The molecule has 4 rings (SSSR count). The quantitative estimate of drug-likeness (QED) is 0.357. The summed E-state index contributed by atoms with van der Waals surface area (Å²) < 4.78 is 10.7. The smallest absolute Gasteiger partial charge is 0.343 e. The molecular formula is C20H20N2O5. The second kappa shape index (κ2) is 7.36. The molecule has 27 heavy (non-hydrogen) atoms. The lowest BCUT2D eigenvalue weighted by molar-refractivity contribution is -0.384. The third-order valence-corrected chi connectivity index (χ3v) is 5.04. The Kier molecular flexibility index (Phi) is 4.77. The molecule has 0 N–H and O–H groups in total. The highest BCUT2D eigenvalue weighted by atomic mass is 16.6. The molecule has 0 atom stereocenters. The van der Waals surface area contributed by atoms with Crippen molar-refractivity contribution in [2.45, 2.75) is 19.3 Å². The van der Waals surface area contributed by atoms with E-state index in [0.29, 0.717) is 37.7 Å². The third kappa shape index (κ3) is 3.64. The summed E-state index contributed by atoms with van der Waals surface area (Å²) in [4.78, 5) is 25.5. The van der Waals surface area contributed by atoms with Gasteiger partial charge in [-0.2, -0.15) is 0 Å². The topological polar surface area (TPSA) is 81.9 Å². The molecule has 1 saturated heterocycles. The van der Waals surface area contributed by atoms with E-state index in [1.165, 1.54) is 17.2 Å². The zero-order valence-electron chi connectivity index (χ0n) is 14.8. The Bertz CT molecular complexity index is 890. The first-order chi connectivity index (χ1) is 13.1. The predicted octanol–water partition coefficient (Wildman–Crippen LogP) is 3.14. The van der Waals surface area contributed by atoms with E-state index in [9.17, 15) is 14.9 Å². The second-order valence-electron chi connectivity index (χ2n) is 6.73. The molecule has 2 aromatic rings. The van der Waals surface area contributed by atoms with Crippen molar-refractivity contribution < 1.29 is 19.2 Å². The molecule has 0 spiro atoms. The van der Waals surface area contributed by atoms with Crippen molar-refractivity contribution in [1.29, 1.82) is 0 Å². The Morgan fingerprint density at radius 1 is 1.07 bits per heavy atom. The number of hydrogen-bond acceptors (Lipinski definition) is 6. The van der Waals surface area contributed by atoms with Gasteiger partial charge in [-0.3, -0.25) is 10.1 Å². The summed E-state index contributed by atoms with van der Waals surface area (Å²) in [5, 5.41) is 11.5. The third-order valence-electron chi connectivity index (χ3n) is 5.04. The molecule has 0 radical (unpaired) electrons. The fraction of sp³-hybridized carbons (Fsp3) is 0.350. The molecule has 0 amide bonds. The van der Waals surface area contributed by atoms with Crippen molar-refractivity contribution in [3.63, 3.8) is 0 Å². The second-order valence-corrected chi connectivity index (χ2v) is 6.73. The van der Waals surface area contributed by atoms with E-state index >= 15 is 0 Å². The van der Waals surface area contributed by atoms with Crippen LogP contribution in [0.2, 0.25) is 0 Å². The van der Waals surface area contributed by atoms with Gasteiger partial charge in [0.1, 0.15) is 11.4 Å². The van der Waals surface area contributed by atoms with Gasteiger partial charge in [0.15, 0.2) is 0 Å². The van der Waals surface area contributed by atoms with Gasteiger partial charge in [0, 0.05) is 19.2 Å². The molecule has 7 nitrogen and oxygen atoms in total. The summed E-state index contributed by atoms with van der Waals surface area (Å²) in [5.74, 6) is -0.120. The minimum Gasteiger partial charge on any atom is -0.423 e. The summed E-state index contributed by atoms with van der Waals surface area (Å²) in [5.41, 5.74) is 3.06. The molecule has 0 unspecified atom stereocenters. The maximum atomic E-state index is 12.5. The lowest BCUT2D eigenvalue weighted by Gasteiger charge is -2.28. The van der Waals surface area contributed by atoms with Gasteiger partial charge >= 0.3 is 5.97 Å². The molecule has 0 bridgehead atoms. The summed E-state index contributed by atoms with van der Waals surface area (Å²) in [6.07, 6.45) is 3.15. The fourth-order valence-electron chi connectivity index (χ4n) is 3.65. The monoisotopic (exact) mass is 368 g/mol. The van der Waals surface area contributed by atoms with Crippen LogP contribution in [0.4, 0.5) is 11.4 Å². The SMILES string of the molecule is O=C(Oc1ccc2c(c1)CCC2)c1ccc(N2CCOCC2)c([N+](=O)[O-])c1. The van der Waals surface area contributed by atoms with Crippen molar-refractivity contribution in [2.24, 2.45) is 0 Å². The average molecular weight is 368 g/mol. The number of carbonyl (C=O) groups excluding carboxylic acids is 1. The van der Waals surface area contributed by atoms with E-state index in [4.69, 9.17) is 9.47 Å². The van der Waals surface area contributed by atoms with Gasteiger partial charge < -0.3 is 14.4 Å². The Morgan fingerprint density at radius 3 is 2.63 bits per heavy atom. The summed E-state index contributed by atoms with van der Waals surface area (Å²) >= 11 is 0. The number of nitro benzene ring substituents is 1. The van der Waals surface area contributed by atoms with Gasteiger partial charge in [-0.05, 0) is 54.7 Å². The van der Waals surface area contributed by atoms with Crippen molar-refractivity contribution in [3.05, 3.63) is 63.2 Å². The van der Waals surface area contributed by atoms with Crippen LogP contribution in [0, 0.1) is 10.1 Å². The van der Waals surface area contributed by atoms with E-state index < -0.39 is 10.9 Å². The van der Waals surface area contributed by atoms with Crippen LogP contribution in [0.5, 0.6) is 5.75 Å². The molecule has 0 saturated carbocycles. The minimum absolute atomic E-state index is 0.0969. The van der Waals surface area contributed by atoms with Crippen LogP contribution in [-0.2, 0) is 17.6 Å². The maximum absolute atomic E-state index is 12.5. The van der Waals surface area contributed by atoms with Crippen molar-refractivity contribution in [3.8, 4) is 5.75 Å². The molecule has 0 aromatic heterocycles. The lowest BCUT2D eigenvalue weighted by Crippen LogP contribution is -2.36. The number of esters is 1. The van der Waals surface area contributed by atoms with Gasteiger partial charge in [-0.1, -0.05) is 6.07 Å². The number of rotatable bonds is 4. The highest BCUT2D eigenvalue weighted by Crippen LogP contribution is 2.31. The van der Waals surface area contributed by atoms with Crippen LogP contribution < -0.4 is 9.64 Å². The molecule has 1 heterocycles. The molecule has 2 aliphatic rings. The van der Waals surface area contributed by atoms with Crippen molar-refractivity contribution >= 4 is 17.3 Å². The van der Waals surface area contributed by atoms with Gasteiger partial charge in [-0.15, -0.1) is 0 Å². The van der Waals surface area contributed by atoms with E-state index in [1.54, 1.807) is 18.2 Å². The van der Waals surface area contributed by atoms with Gasteiger partial charge in [0.05, 0.1) is 23.7 Å². The first kappa shape index (κ1) is 17.5. The number of ether oxygens (including phenoxy) is 2. The Hall–Kier alpha value is -2.93. The van der Waals surface area contributed by atoms with Crippen LogP contribution in [0.1, 0.15) is 27.9 Å². The zero-order chi connectivity index (χ0) is 18.8. The summed E-state index contributed by atoms with van der Waals surface area (Å²) in [6, 6.07) is 10.1. The number of nitro groups is 1. The Labute approximate surface area is 156 Å². The minimum atomic E-state index is -0.593. The highest BCUT2D eigenvalue weighted by Gasteiger charge is 2.24. The number of fused-ring (bicyclic) bond motifs is 1. The predicted molar refractivity (Wildman–Crippen MR) is 99.6 cm³/mol. The molecular weight excluding hydrogens is 348 g/mol. The standard InChI is InChI=1S/C20H20N2O5/c23-20(27-17-6-4-14-2-1-3-15(14)12-17)16-5-7-18(19(13-16)22(24)25)21-8-10-26-11-9-21/h4-7,12-13H,1-3,8-11H2. The number of nitrogens with zero attached hydrogens (tertiary/aromatic N) is 2. The molecule has 1 aliphatic carbocycles. The van der Waals surface area contributed by atoms with Gasteiger partial charge in [0.25, 0.3) is 5.69 Å². The van der Waals surface area contributed by atoms with Crippen LogP contribution in [-0.4, -0.2) is 37.2 Å². The first-order valence-corrected chi connectivity index (χ1v) is 9.07. The maximum Gasteiger partial charge on any atom is 0.343 e. The fourth-order valence-corrected chi connectivity index (χ4v) is 3.65. The largest absolute Gasteiger partial charge is 0.423 e. The summed E-state index contributed by atoms with van der Waals surface area (Å²) in [7, 11) is 0. The number of benzene rings is 2. The molecule has 7 heteroatoms. The van der Waals surface area contributed by atoms with Crippen LogP contribution in [0.15, 0.2) is 36.4 Å². The number of anilines is 1. The lowest BCUT2D eigenvalue weighted by atomic mass is 10.1. The molecule has 140 valence electrons. The highest BCUT2D eigenvalue weighted by molar-refractivity contribution is 5.93. The average Bonchev–Trinajstić information content (AvgIpc) is 3.16. The van der Waals surface area contributed by atoms with E-state index in [-0.39, 0.29) is 11.3 Å². The summed E-state index contributed by atoms with van der Waals surface area (Å²) in [6.45, 7) is 2.22. The van der Waals surface area contributed by atoms with Crippen LogP contribution in [0.3, 0.4) is 0 Å². The number of aryl methyl sites for hydroxylation is 2. The molecule has 1 fully saturated rings. The van der Waals surface area contributed by atoms with Crippen LogP contribution >= 0.6 is 0 Å². The normalized spacial score (nSPS) is 16.1. The molecule has 1 aliphatic heterocycles. The zero-order valence-corrected chi connectivity index (χ0v) is 14.8. The Balaban J connectivity index is 1.56. The van der Waals surface area contributed by atoms with Gasteiger partial charge in [0.2, 0.25) is 0 Å².